The van der Waals surface area contributed by atoms with Gasteiger partial charge in [-0.05, 0) is 33.6 Å². The van der Waals surface area contributed by atoms with Crippen molar-refractivity contribution in [3.63, 3.8) is 0 Å². The average Bonchev–Trinajstić information content (AvgIpc) is 2.87. The fourth-order valence-electron chi connectivity index (χ4n) is 3.97. The monoisotopic (exact) mass is 408 g/mol. The third kappa shape index (κ3) is 3.28. The fraction of sp³-hybridized carbons (Fsp3) is 0.556. The minimum atomic E-state index is -0.718. The number of nitrogens with zero attached hydrogens (tertiary/aromatic N) is 5. The molecule has 2 N–H and O–H groups in total. The number of nitrogen functional groups attached to an aromatic ring is 1. The molecule has 10 heteroatoms. The Morgan fingerprint density at radius 1 is 1.29 bits per heavy atom. The highest BCUT2D eigenvalue weighted by Gasteiger charge is 2.45. The van der Waals surface area contributed by atoms with Crippen molar-refractivity contribution in [1.29, 1.82) is 0 Å². The highest BCUT2D eigenvalue weighted by atomic mass is 35.5. The number of pyridine rings is 1. The van der Waals surface area contributed by atoms with Crippen LogP contribution in [0.4, 0.5) is 21.0 Å². The van der Waals surface area contributed by atoms with Gasteiger partial charge in [-0.1, -0.05) is 11.6 Å². The van der Waals surface area contributed by atoms with Gasteiger partial charge < -0.3 is 15.4 Å². The Balaban J connectivity index is 1.65. The van der Waals surface area contributed by atoms with Gasteiger partial charge in [0.15, 0.2) is 11.0 Å². The number of halogens is 2. The first-order valence-electron chi connectivity index (χ1n) is 9.17. The molecule has 150 valence electrons. The minimum absolute atomic E-state index is 0.00931. The maximum Gasteiger partial charge on any atom is 0.410 e. The number of amides is 1. The van der Waals surface area contributed by atoms with Crippen molar-refractivity contribution in [1.82, 2.24) is 19.9 Å². The van der Waals surface area contributed by atoms with Crippen molar-refractivity contribution >= 4 is 40.4 Å². The van der Waals surface area contributed by atoms with Crippen LogP contribution in [0.2, 0.25) is 5.15 Å². The van der Waals surface area contributed by atoms with Gasteiger partial charge in [0.25, 0.3) is 0 Å². The molecule has 2 fully saturated rings. The molecule has 2 saturated heterocycles. The largest absolute Gasteiger partial charge is 0.444 e. The molecule has 2 aliphatic heterocycles. The van der Waals surface area contributed by atoms with Gasteiger partial charge in [-0.3, -0.25) is 4.90 Å². The van der Waals surface area contributed by atoms with Crippen LogP contribution in [0.1, 0.15) is 33.6 Å². The van der Waals surface area contributed by atoms with Crippen LogP contribution >= 0.6 is 11.6 Å². The predicted octanol–water partition coefficient (Wildman–Crippen LogP) is 2.99. The molecule has 8 nitrogen and oxygen atoms in total. The molecule has 2 unspecified atom stereocenters. The van der Waals surface area contributed by atoms with E-state index in [2.05, 4.69) is 15.0 Å². The third-order valence-electron chi connectivity index (χ3n) is 5.02. The SMILES string of the molecule is CC(C)(C)OC(=O)N1C2CCC1CN(c1nc(N)nc3c(F)c(Cl)ncc13)C2. The Labute approximate surface area is 166 Å². The van der Waals surface area contributed by atoms with Crippen LogP contribution in [-0.4, -0.2) is 56.7 Å². The second-order valence-corrected chi connectivity index (χ2v) is 8.57. The van der Waals surface area contributed by atoms with Crippen molar-refractivity contribution in [2.24, 2.45) is 0 Å². The molecular formula is C18H22ClFN6O2. The fourth-order valence-corrected chi connectivity index (χ4v) is 4.10. The van der Waals surface area contributed by atoms with Crippen LogP contribution in [0.25, 0.3) is 10.9 Å². The molecule has 0 aliphatic carbocycles. The van der Waals surface area contributed by atoms with Crippen LogP contribution in [0.3, 0.4) is 0 Å². The number of anilines is 2. The van der Waals surface area contributed by atoms with E-state index >= 15 is 0 Å². The summed E-state index contributed by atoms with van der Waals surface area (Å²) in [6, 6.07) is -0.0186. The number of ether oxygens (including phenoxy) is 1. The predicted molar refractivity (Wildman–Crippen MR) is 104 cm³/mol. The Bertz CT molecular complexity index is 936. The van der Waals surface area contributed by atoms with Gasteiger partial charge in [-0.2, -0.15) is 4.98 Å². The molecule has 2 aliphatic rings. The van der Waals surface area contributed by atoms with Gasteiger partial charge >= 0.3 is 6.09 Å². The lowest BCUT2D eigenvalue weighted by atomic mass is 10.1. The molecule has 2 aromatic heterocycles. The third-order valence-corrected chi connectivity index (χ3v) is 5.29. The van der Waals surface area contributed by atoms with Crippen LogP contribution < -0.4 is 10.6 Å². The summed E-state index contributed by atoms with van der Waals surface area (Å²) >= 11 is 5.78. The summed E-state index contributed by atoms with van der Waals surface area (Å²) in [5.74, 6) is -0.248. The summed E-state index contributed by atoms with van der Waals surface area (Å²) in [5, 5.41) is 0.188. The smallest absolute Gasteiger partial charge is 0.410 e. The van der Waals surface area contributed by atoms with Crippen molar-refractivity contribution in [3.05, 3.63) is 17.2 Å². The first-order chi connectivity index (χ1) is 13.1. The van der Waals surface area contributed by atoms with Crippen molar-refractivity contribution in [2.75, 3.05) is 23.7 Å². The number of fused-ring (bicyclic) bond motifs is 3. The summed E-state index contributed by atoms with van der Waals surface area (Å²) < 4.78 is 20.0. The lowest BCUT2D eigenvalue weighted by Crippen LogP contribution is -2.57. The molecular weight excluding hydrogens is 387 g/mol. The number of nitrogens with two attached hydrogens (primary N) is 1. The number of aromatic nitrogens is 3. The summed E-state index contributed by atoms with van der Waals surface area (Å²) in [4.78, 5) is 28.7. The number of hydrogen-bond donors (Lipinski definition) is 1. The van der Waals surface area contributed by atoms with Gasteiger partial charge in [0.2, 0.25) is 5.95 Å². The standard InChI is InChI=1S/C18H22ClFN6O2/c1-18(2,3)28-17(27)26-9-4-5-10(26)8-25(7-9)15-11-6-22-14(19)12(20)13(11)23-16(21)24-15/h6,9-10H,4-5,7-8H2,1-3H3,(H2,21,23,24). The summed E-state index contributed by atoms with van der Waals surface area (Å²) in [6.45, 7) is 6.65. The second kappa shape index (κ2) is 6.58. The highest BCUT2D eigenvalue weighted by molar-refractivity contribution is 6.30. The van der Waals surface area contributed by atoms with Crippen LogP contribution in [-0.2, 0) is 4.74 Å². The molecule has 2 bridgehead atoms. The van der Waals surface area contributed by atoms with Crippen molar-refractivity contribution in [2.45, 2.75) is 51.3 Å². The number of carbonyl (C=O) groups is 1. The summed E-state index contributed by atoms with van der Waals surface area (Å²) in [7, 11) is 0. The molecule has 0 aromatic carbocycles. The van der Waals surface area contributed by atoms with E-state index in [1.807, 2.05) is 30.6 Å². The Morgan fingerprint density at radius 3 is 2.54 bits per heavy atom. The van der Waals surface area contributed by atoms with Crippen LogP contribution in [0.15, 0.2) is 6.20 Å². The lowest BCUT2D eigenvalue weighted by molar-refractivity contribution is 0.0123. The van der Waals surface area contributed by atoms with Crippen molar-refractivity contribution < 1.29 is 13.9 Å². The van der Waals surface area contributed by atoms with E-state index in [0.29, 0.717) is 24.3 Å². The van der Waals surface area contributed by atoms with Gasteiger partial charge in [0.05, 0.1) is 17.5 Å². The molecule has 1 amide bonds. The average molecular weight is 409 g/mol. The summed E-state index contributed by atoms with van der Waals surface area (Å²) in [5.41, 5.74) is 5.31. The molecule has 0 radical (unpaired) electrons. The normalized spacial score (nSPS) is 22.0. The van der Waals surface area contributed by atoms with E-state index in [4.69, 9.17) is 22.1 Å². The topological polar surface area (TPSA) is 97.5 Å². The second-order valence-electron chi connectivity index (χ2n) is 8.21. The maximum absolute atomic E-state index is 14.4. The molecule has 0 spiro atoms. The van der Waals surface area contributed by atoms with Gasteiger partial charge in [-0.25, -0.2) is 19.2 Å². The van der Waals surface area contributed by atoms with E-state index in [0.717, 1.165) is 12.8 Å². The zero-order valence-electron chi connectivity index (χ0n) is 15.9. The van der Waals surface area contributed by atoms with Gasteiger partial charge in [0, 0.05) is 19.3 Å². The van der Waals surface area contributed by atoms with Crippen LogP contribution in [0.5, 0.6) is 0 Å². The first-order valence-corrected chi connectivity index (χ1v) is 9.55. The number of rotatable bonds is 1. The van der Waals surface area contributed by atoms with Gasteiger partial charge in [-0.15, -0.1) is 0 Å². The number of hydrogen-bond acceptors (Lipinski definition) is 7. The molecule has 28 heavy (non-hydrogen) atoms. The Morgan fingerprint density at radius 2 is 1.93 bits per heavy atom. The van der Waals surface area contributed by atoms with Crippen molar-refractivity contribution in [3.8, 4) is 0 Å². The quantitative estimate of drug-likeness (QED) is 0.724. The Kier molecular flexibility index (Phi) is 4.45. The lowest BCUT2D eigenvalue weighted by Gasteiger charge is -2.42. The molecule has 4 heterocycles. The van der Waals surface area contributed by atoms with E-state index < -0.39 is 11.4 Å². The maximum atomic E-state index is 14.4. The number of piperazine rings is 1. The molecule has 4 rings (SSSR count). The highest BCUT2D eigenvalue weighted by Crippen LogP contribution is 2.36. The van der Waals surface area contributed by atoms with Gasteiger partial charge in [0.1, 0.15) is 16.9 Å². The van der Waals surface area contributed by atoms with E-state index in [-0.39, 0.29) is 34.8 Å². The zero-order chi connectivity index (χ0) is 20.2. The van der Waals surface area contributed by atoms with E-state index in [1.165, 1.54) is 6.20 Å². The molecule has 2 aromatic rings. The van der Waals surface area contributed by atoms with E-state index in [9.17, 15) is 9.18 Å². The molecule has 0 saturated carbocycles. The first kappa shape index (κ1) is 18.9. The van der Waals surface area contributed by atoms with Crippen LogP contribution in [0, 0.1) is 5.82 Å². The Hall–Kier alpha value is -2.42. The minimum Gasteiger partial charge on any atom is -0.444 e. The number of carbonyl (C=O) groups excluding carboxylic acids is 1. The summed E-state index contributed by atoms with van der Waals surface area (Å²) in [6.07, 6.45) is 2.90. The van der Waals surface area contributed by atoms with E-state index in [1.54, 1.807) is 0 Å². The zero-order valence-corrected chi connectivity index (χ0v) is 16.7. The molecule has 2 atom stereocenters.